The number of piperazine rings is 1. The first-order valence-corrected chi connectivity index (χ1v) is 10.1. The number of hydrogen-bond donors (Lipinski definition) is 0. The number of anilines is 1. The maximum Gasteiger partial charge on any atom is 0.286 e. The van der Waals surface area contributed by atoms with Crippen LogP contribution in [0.5, 0.6) is 0 Å². The largest absolute Gasteiger partial charge is 0.368 e. The van der Waals surface area contributed by atoms with Gasteiger partial charge in [0.2, 0.25) is 0 Å². The molecule has 0 aliphatic carbocycles. The van der Waals surface area contributed by atoms with Gasteiger partial charge in [-0.05, 0) is 60.2 Å². The van der Waals surface area contributed by atoms with Gasteiger partial charge in [0.05, 0.1) is 9.83 Å². The van der Waals surface area contributed by atoms with Crippen LogP contribution < -0.4 is 4.90 Å². The van der Waals surface area contributed by atoms with Crippen LogP contribution in [0.4, 0.5) is 11.4 Å². The monoisotopic (exact) mass is 408 g/mol. The summed E-state index contributed by atoms with van der Waals surface area (Å²) >= 11 is 1.37. The molecule has 7 nitrogen and oxygen atoms in total. The van der Waals surface area contributed by atoms with Crippen LogP contribution in [-0.2, 0) is 4.79 Å². The van der Waals surface area contributed by atoms with Crippen molar-refractivity contribution in [2.75, 3.05) is 31.1 Å². The molecule has 0 radical (unpaired) electrons. The van der Waals surface area contributed by atoms with Gasteiger partial charge in [0.15, 0.2) is 5.17 Å². The van der Waals surface area contributed by atoms with Crippen molar-refractivity contribution in [1.29, 1.82) is 0 Å². The van der Waals surface area contributed by atoms with Crippen molar-refractivity contribution >= 4 is 40.3 Å². The summed E-state index contributed by atoms with van der Waals surface area (Å²) in [7, 11) is 0. The van der Waals surface area contributed by atoms with Gasteiger partial charge in [-0.3, -0.25) is 14.9 Å². The van der Waals surface area contributed by atoms with Crippen molar-refractivity contribution in [3.05, 3.63) is 74.7 Å². The lowest BCUT2D eigenvalue weighted by Gasteiger charge is -2.36. The predicted octanol–water partition coefficient (Wildman–Crippen LogP) is 3.70. The van der Waals surface area contributed by atoms with E-state index in [9.17, 15) is 14.9 Å². The number of carbonyl (C=O) groups is 1. The highest BCUT2D eigenvalue weighted by Crippen LogP contribution is 2.31. The van der Waals surface area contributed by atoms with E-state index in [1.54, 1.807) is 18.2 Å². The molecule has 4 rings (SSSR count). The SMILES string of the molecule is Cc1cccc(N2CCN(C3=NC(=O)C(=Cc4ccc([N+](=O)[O-])cc4)S3)CC2)c1. The fourth-order valence-corrected chi connectivity index (χ4v) is 4.32. The van der Waals surface area contributed by atoms with Crippen molar-refractivity contribution in [3.8, 4) is 0 Å². The predicted molar refractivity (Wildman–Crippen MR) is 116 cm³/mol. The number of carbonyl (C=O) groups excluding carboxylic acids is 1. The molecule has 0 unspecified atom stereocenters. The van der Waals surface area contributed by atoms with Crippen molar-refractivity contribution < 1.29 is 9.72 Å². The van der Waals surface area contributed by atoms with Gasteiger partial charge in [-0.2, -0.15) is 4.99 Å². The Balaban J connectivity index is 1.39. The molecular weight excluding hydrogens is 388 g/mol. The summed E-state index contributed by atoms with van der Waals surface area (Å²) < 4.78 is 0. The van der Waals surface area contributed by atoms with E-state index in [0.717, 1.165) is 36.9 Å². The van der Waals surface area contributed by atoms with Crippen molar-refractivity contribution in [2.24, 2.45) is 4.99 Å². The van der Waals surface area contributed by atoms with E-state index >= 15 is 0 Å². The van der Waals surface area contributed by atoms with E-state index < -0.39 is 4.92 Å². The Hall–Kier alpha value is -3.13. The molecule has 2 heterocycles. The third kappa shape index (κ3) is 4.32. The van der Waals surface area contributed by atoms with E-state index in [2.05, 4.69) is 46.0 Å². The van der Waals surface area contributed by atoms with E-state index in [1.165, 1.54) is 35.1 Å². The van der Waals surface area contributed by atoms with Gasteiger partial charge < -0.3 is 9.80 Å². The van der Waals surface area contributed by atoms with Gasteiger partial charge in [-0.15, -0.1) is 0 Å². The fraction of sp³-hybridized carbons (Fsp3) is 0.238. The maximum absolute atomic E-state index is 12.3. The summed E-state index contributed by atoms with van der Waals surface area (Å²) in [5, 5.41) is 11.5. The molecule has 148 valence electrons. The highest BCUT2D eigenvalue weighted by Gasteiger charge is 2.28. The third-order valence-electron chi connectivity index (χ3n) is 4.93. The average Bonchev–Trinajstić information content (AvgIpc) is 3.09. The number of benzene rings is 2. The van der Waals surface area contributed by atoms with Crippen LogP contribution in [0.25, 0.3) is 6.08 Å². The molecule has 0 spiro atoms. The lowest BCUT2D eigenvalue weighted by atomic mass is 10.2. The van der Waals surface area contributed by atoms with Gasteiger partial charge in [-0.25, -0.2) is 0 Å². The molecule has 1 fully saturated rings. The Bertz CT molecular complexity index is 1010. The molecule has 8 heteroatoms. The zero-order valence-electron chi connectivity index (χ0n) is 15.9. The number of nitro groups is 1. The molecule has 2 aliphatic rings. The standard InChI is InChI=1S/C21H20N4O3S/c1-15-3-2-4-18(13-15)23-9-11-24(12-10-23)21-22-20(26)19(29-21)14-16-5-7-17(8-6-16)25(27)28/h2-8,13-14H,9-12H2,1H3. The first kappa shape index (κ1) is 19.2. The molecule has 0 saturated carbocycles. The van der Waals surface area contributed by atoms with Crippen LogP contribution in [0.15, 0.2) is 58.4 Å². The van der Waals surface area contributed by atoms with Crippen LogP contribution in [0.3, 0.4) is 0 Å². The maximum atomic E-state index is 12.3. The number of nitrogens with zero attached hydrogens (tertiary/aromatic N) is 4. The van der Waals surface area contributed by atoms with Crippen molar-refractivity contribution in [2.45, 2.75) is 6.92 Å². The van der Waals surface area contributed by atoms with E-state index in [-0.39, 0.29) is 11.6 Å². The van der Waals surface area contributed by atoms with Crippen molar-refractivity contribution in [1.82, 2.24) is 4.90 Å². The molecule has 1 amide bonds. The second-order valence-corrected chi connectivity index (χ2v) is 7.98. The number of non-ortho nitro benzene ring substituents is 1. The Labute approximate surface area is 172 Å². The van der Waals surface area contributed by atoms with E-state index in [4.69, 9.17) is 0 Å². The van der Waals surface area contributed by atoms with Gasteiger partial charge in [0.25, 0.3) is 11.6 Å². The molecule has 0 bridgehead atoms. The second-order valence-electron chi connectivity index (χ2n) is 6.97. The van der Waals surface area contributed by atoms with Gasteiger partial charge in [0, 0.05) is 44.0 Å². The minimum absolute atomic E-state index is 0.0287. The van der Waals surface area contributed by atoms with Gasteiger partial charge >= 0.3 is 0 Å². The Morgan fingerprint density at radius 2 is 1.76 bits per heavy atom. The first-order valence-electron chi connectivity index (χ1n) is 9.33. The van der Waals surface area contributed by atoms with Crippen LogP contribution in [0.2, 0.25) is 0 Å². The molecule has 0 atom stereocenters. The molecule has 0 aromatic heterocycles. The first-order chi connectivity index (χ1) is 14.0. The minimum Gasteiger partial charge on any atom is -0.368 e. The van der Waals surface area contributed by atoms with Crippen LogP contribution >= 0.6 is 11.8 Å². The summed E-state index contributed by atoms with van der Waals surface area (Å²) in [6.07, 6.45) is 1.73. The zero-order valence-corrected chi connectivity index (χ0v) is 16.8. The van der Waals surface area contributed by atoms with Crippen LogP contribution in [0, 0.1) is 17.0 Å². The number of amidine groups is 1. The molecule has 2 aliphatic heterocycles. The van der Waals surface area contributed by atoms with E-state index in [0.29, 0.717) is 4.91 Å². The summed E-state index contributed by atoms with van der Waals surface area (Å²) in [5.41, 5.74) is 3.24. The normalized spacial score (nSPS) is 18.3. The third-order valence-corrected chi connectivity index (χ3v) is 5.97. The summed E-state index contributed by atoms with van der Waals surface area (Å²) in [6.45, 7) is 5.45. The fourth-order valence-electron chi connectivity index (χ4n) is 3.36. The Morgan fingerprint density at radius 1 is 1.07 bits per heavy atom. The number of hydrogen-bond acceptors (Lipinski definition) is 6. The molecule has 0 N–H and O–H groups in total. The molecule has 2 aromatic carbocycles. The van der Waals surface area contributed by atoms with Crippen LogP contribution in [0.1, 0.15) is 11.1 Å². The number of rotatable bonds is 3. The number of thioether (sulfide) groups is 1. The average molecular weight is 408 g/mol. The molecule has 2 aromatic rings. The Morgan fingerprint density at radius 3 is 2.41 bits per heavy atom. The Kier molecular flexibility index (Phi) is 5.35. The smallest absolute Gasteiger partial charge is 0.286 e. The summed E-state index contributed by atoms with van der Waals surface area (Å²) in [6, 6.07) is 14.6. The van der Waals surface area contributed by atoms with Crippen LogP contribution in [-0.4, -0.2) is 47.1 Å². The quantitative estimate of drug-likeness (QED) is 0.438. The summed E-state index contributed by atoms with van der Waals surface area (Å²) in [5.74, 6) is -0.260. The van der Waals surface area contributed by atoms with Crippen molar-refractivity contribution in [3.63, 3.8) is 0 Å². The highest BCUT2D eigenvalue weighted by atomic mass is 32.2. The number of amides is 1. The van der Waals surface area contributed by atoms with Gasteiger partial charge in [-0.1, -0.05) is 12.1 Å². The lowest BCUT2D eigenvalue weighted by molar-refractivity contribution is -0.384. The minimum atomic E-state index is -0.440. The lowest BCUT2D eigenvalue weighted by Crippen LogP contribution is -2.47. The highest BCUT2D eigenvalue weighted by molar-refractivity contribution is 8.18. The number of nitro benzene ring substituents is 1. The molecule has 29 heavy (non-hydrogen) atoms. The molecular formula is C21H20N4O3S. The number of aryl methyl sites for hydroxylation is 1. The number of aliphatic imine (C=N–C) groups is 1. The molecule has 1 saturated heterocycles. The van der Waals surface area contributed by atoms with Gasteiger partial charge in [0.1, 0.15) is 0 Å². The van der Waals surface area contributed by atoms with E-state index in [1.807, 2.05) is 0 Å². The second kappa shape index (κ2) is 8.08. The topological polar surface area (TPSA) is 79.0 Å². The summed E-state index contributed by atoms with van der Waals surface area (Å²) in [4.78, 5) is 31.9. The zero-order chi connectivity index (χ0) is 20.4.